The van der Waals surface area contributed by atoms with Gasteiger partial charge in [-0.25, -0.2) is 0 Å². The molecule has 1 atom stereocenters. The number of ether oxygens (including phenoxy) is 2. The Balaban J connectivity index is 1.88. The maximum atomic E-state index is 12.0. The average Bonchev–Trinajstić information content (AvgIpc) is 2.61. The second kappa shape index (κ2) is 8.59. The molecule has 0 radical (unpaired) electrons. The Morgan fingerprint density at radius 1 is 1.17 bits per heavy atom. The van der Waals surface area contributed by atoms with E-state index >= 15 is 0 Å². The molecule has 0 aromatic heterocycles. The third kappa shape index (κ3) is 4.75. The first-order valence-corrected chi connectivity index (χ1v) is 7.78. The smallest absolute Gasteiger partial charge is 0.258 e. The Bertz CT molecular complexity index is 720. The standard InChI is InChI=1S/C19H20N2O3/c1-3-23-17-10-8-15(9-11-17)14(2)21-19(22)13-24-18-7-5-4-6-16(18)12-20/h4-11,14H,3,13H2,1-2H3,(H,21,22). The van der Waals surface area contributed by atoms with Gasteiger partial charge in [-0.1, -0.05) is 24.3 Å². The third-order valence-corrected chi connectivity index (χ3v) is 3.43. The summed E-state index contributed by atoms with van der Waals surface area (Å²) in [6, 6.07) is 16.3. The lowest BCUT2D eigenvalue weighted by Gasteiger charge is -2.15. The van der Waals surface area contributed by atoms with Gasteiger partial charge in [0.25, 0.3) is 5.91 Å². The van der Waals surface area contributed by atoms with Gasteiger partial charge in [-0.15, -0.1) is 0 Å². The molecule has 0 fully saturated rings. The summed E-state index contributed by atoms with van der Waals surface area (Å²) in [5, 5.41) is 11.9. The van der Waals surface area contributed by atoms with Crippen molar-refractivity contribution in [3.63, 3.8) is 0 Å². The van der Waals surface area contributed by atoms with Gasteiger partial charge in [-0.05, 0) is 43.7 Å². The van der Waals surface area contributed by atoms with E-state index in [-0.39, 0.29) is 18.6 Å². The molecular weight excluding hydrogens is 304 g/mol. The molecule has 0 bridgehead atoms. The summed E-state index contributed by atoms with van der Waals surface area (Å²) in [6.45, 7) is 4.31. The summed E-state index contributed by atoms with van der Waals surface area (Å²) in [4.78, 5) is 12.0. The van der Waals surface area contributed by atoms with E-state index in [4.69, 9.17) is 14.7 Å². The molecule has 2 rings (SSSR count). The van der Waals surface area contributed by atoms with E-state index in [1.54, 1.807) is 24.3 Å². The van der Waals surface area contributed by atoms with Crippen LogP contribution >= 0.6 is 0 Å². The highest BCUT2D eigenvalue weighted by Gasteiger charge is 2.11. The summed E-state index contributed by atoms with van der Waals surface area (Å²) in [7, 11) is 0. The molecule has 0 saturated heterocycles. The van der Waals surface area contributed by atoms with Gasteiger partial charge < -0.3 is 14.8 Å². The number of benzene rings is 2. The molecule has 0 aliphatic carbocycles. The van der Waals surface area contributed by atoms with Crippen molar-refractivity contribution in [3.8, 4) is 17.6 Å². The lowest BCUT2D eigenvalue weighted by atomic mass is 10.1. The number of hydrogen-bond acceptors (Lipinski definition) is 4. The maximum absolute atomic E-state index is 12.0. The van der Waals surface area contributed by atoms with Crippen LogP contribution in [-0.2, 0) is 4.79 Å². The number of rotatable bonds is 7. The van der Waals surface area contributed by atoms with Gasteiger partial charge in [0.05, 0.1) is 18.2 Å². The summed E-state index contributed by atoms with van der Waals surface area (Å²) >= 11 is 0. The van der Waals surface area contributed by atoms with Crippen molar-refractivity contribution < 1.29 is 14.3 Å². The summed E-state index contributed by atoms with van der Waals surface area (Å²) in [6.07, 6.45) is 0. The number of nitrogens with one attached hydrogen (secondary N) is 1. The van der Waals surface area contributed by atoms with E-state index < -0.39 is 0 Å². The number of nitrogens with zero attached hydrogens (tertiary/aromatic N) is 1. The van der Waals surface area contributed by atoms with Gasteiger partial charge in [0.15, 0.2) is 6.61 Å². The van der Waals surface area contributed by atoms with Gasteiger partial charge in [0, 0.05) is 0 Å². The fourth-order valence-corrected chi connectivity index (χ4v) is 2.21. The molecular formula is C19H20N2O3. The van der Waals surface area contributed by atoms with Crippen molar-refractivity contribution in [1.29, 1.82) is 5.26 Å². The molecule has 0 aliphatic heterocycles. The molecule has 124 valence electrons. The Morgan fingerprint density at radius 2 is 1.88 bits per heavy atom. The number of hydrogen-bond donors (Lipinski definition) is 1. The van der Waals surface area contributed by atoms with E-state index in [1.807, 2.05) is 44.2 Å². The van der Waals surface area contributed by atoms with Crippen molar-refractivity contribution in [2.75, 3.05) is 13.2 Å². The van der Waals surface area contributed by atoms with Crippen molar-refractivity contribution in [2.24, 2.45) is 0 Å². The Hall–Kier alpha value is -3.00. The number of nitriles is 1. The van der Waals surface area contributed by atoms with Gasteiger partial charge in [-0.2, -0.15) is 5.26 Å². The van der Waals surface area contributed by atoms with E-state index in [2.05, 4.69) is 5.32 Å². The zero-order valence-corrected chi connectivity index (χ0v) is 13.8. The van der Waals surface area contributed by atoms with Crippen LogP contribution in [0.2, 0.25) is 0 Å². The third-order valence-electron chi connectivity index (χ3n) is 3.43. The Labute approximate surface area is 141 Å². The minimum Gasteiger partial charge on any atom is -0.494 e. The second-order valence-electron chi connectivity index (χ2n) is 5.19. The van der Waals surface area contributed by atoms with Crippen molar-refractivity contribution in [3.05, 3.63) is 59.7 Å². The monoisotopic (exact) mass is 324 g/mol. The summed E-state index contributed by atoms with van der Waals surface area (Å²) in [5.74, 6) is 0.962. The van der Waals surface area contributed by atoms with Crippen LogP contribution < -0.4 is 14.8 Å². The fraction of sp³-hybridized carbons (Fsp3) is 0.263. The first kappa shape index (κ1) is 17.4. The van der Waals surface area contributed by atoms with Gasteiger partial charge in [0.2, 0.25) is 0 Å². The highest BCUT2D eigenvalue weighted by molar-refractivity contribution is 5.78. The van der Waals surface area contributed by atoms with Crippen molar-refractivity contribution >= 4 is 5.91 Å². The summed E-state index contributed by atoms with van der Waals surface area (Å²) in [5.41, 5.74) is 1.38. The summed E-state index contributed by atoms with van der Waals surface area (Å²) < 4.78 is 10.8. The van der Waals surface area contributed by atoms with Crippen LogP contribution in [0.4, 0.5) is 0 Å². The van der Waals surface area contributed by atoms with Crippen molar-refractivity contribution in [2.45, 2.75) is 19.9 Å². The van der Waals surface area contributed by atoms with E-state index in [0.717, 1.165) is 11.3 Å². The van der Waals surface area contributed by atoms with Crippen LogP contribution in [0, 0.1) is 11.3 Å². The Morgan fingerprint density at radius 3 is 2.54 bits per heavy atom. The van der Waals surface area contributed by atoms with E-state index in [9.17, 15) is 4.79 Å². The quantitative estimate of drug-likeness (QED) is 0.849. The average molecular weight is 324 g/mol. The predicted octanol–water partition coefficient (Wildman–Crippen LogP) is 3.21. The molecule has 1 N–H and O–H groups in total. The minimum absolute atomic E-state index is 0.139. The van der Waals surface area contributed by atoms with Gasteiger partial charge in [0.1, 0.15) is 17.6 Å². The lowest BCUT2D eigenvalue weighted by molar-refractivity contribution is -0.123. The molecule has 2 aromatic rings. The second-order valence-corrected chi connectivity index (χ2v) is 5.19. The fourth-order valence-electron chi connectivity index (χ4n) is 2.21. The van der Waals surface area contributed by atoms with Crippen LogP contribution in [0.3, 0.4) is 0 Å². The van der Waals surface area contributed by atoms with Crippen LogP contribution in [-0.4, -0.2) is 19.1 Å². The molecule has 5 nitrogen and oxygen atoms in total. The molecule has 0 heterocycles. The molecule has 2 aromatic carbocycles. The first-order chi connectivity index (χ1) is 11.6. The zero-order valence-electron chi connectivity index (χ0n) is 13.8. The molecule has 5 heteroatoms. The molecule has 0 aliphatic rings. The molecule has 24 heavy (non-hydrogen) atoms. The lowest BCUT2D eigenvalue weighted by Crippen LogP contribution is -2.31. The first-order valence-electron chi connectivity index (χ1n) is 7.78. The Kier molecular flexibility index (Phi) is 6.21. The molecule has 1 unspecified atom stereocenters. The maximum Gasteiger partial charge on any atom is 0.258 e. The number of carbonyl (C=O) groups is 1. The van der Waals surface area contributed by atoms with Gasteiger partial charge in [-0.3, -0.25) is 4.79 Å². The molecule has 0 spiro atoms. The molecule has 1 amide bonds. The van der Waals surface area contributed by atoms with Crippen LogP contribution in [0.25, 0.3) is 0 Å². The highest BCUT2D eigenvalue weighted by Crippen LogP contribution is 2.18. The van der Waals surface area contributed by atoms with Crippen LogP contribution in [0.1, 0.15) is 31.0 Å². The van der Waals surface area contributed by atoms with Crippen molar-refractivity contribution in [1.82, 2.24) is 5.32 Å². The number of para-hydroxylation sites is 1. The topological polar surface area (TPSA) is 71.3 Å². The molecule has 0 saturated carbocycles. The van der Waals surface area contributed by atoms with Crippen LogP contribution in [0.5, 0.6) is 11.5 Å². The number of amides is 1. The van der Waals surface area contributed by atoms with E-state index in [1.165, 1.54) is 0 Å². The zero-order chi connectivity index (χ0) is 17.4. The van der Waals surface area contributed by atoms with E-state index in [0.29, 0.717) is 17.9 Å². The van der Waals surface area contributed by atoms with Crippen LogP contribution in [0.15, 0.2) is 48.5 Å². The number of carbonyl (C=O) groups excluding carboxylic acids is 1. The normalized spacial score (nSPS) is 11.2. The minimum atomic E-state index is -0.246. The highest BCUT2D eigenvalue weighted by atomic mass is 16.5. The van der Waals surface area contributed by atoms with Gasteiger partial charge >= 0.3 is 0 Å². The SMILES string of the molecule is CCOc1ccc(C(C)NC(=O)COc2ccccc2C#N)cc1. The predicted molar refractivity (Wildman–Crippen MR) is 90.8 cm³/mol. The largest absolute Gasteiger partial charge is 0.494 e.